The molecule has 0 saturated heterocycles. The van der Waals surface area contributed by atoms with Gasteiger partial charge in [0.1, 0.15) is 0 Å². The summed E-state index contributed by atoms with van der Waals surface area (Å²) >= 11 is 0. The van der Waals surface area contributed by atoms with Crippen molar-refractivity contribution in [2.24, 2.45) is 5.92 Å². The maximum Gasteiger partial charge on any atom is 0.306 e. The quantitative estimate of drug-likeness (QED) is 0.621. The van der Waals surface area contributed by atoms with Gasteiger partial charge in [-0.25, -0.2) is 0 Å². The number of rotatable bonds is 3. The van der Waals surface area contributed by atoms with E-state index < -0.39 is 14.3 Å². The van der Waals surface area contributed by atoms with Gasteiger partial charge in [-0.3, -0.25) is 4.79 Å². The molecule has 4 heteroatoms. The van der Waals surface area contributed by atoms with Crippen LogP contribution in [0.2, 0.25) is 18.1 Å². The molecule has 17 heavy (non-hydrogen) atoms. The number of hydrogen-bond acceptors (Lipinski definition) is 2. The molecule has 1 aliphatic rings. The average molecular weight is 256 g/mol. The van der Waals surface area contributed by atoms with Crippen molar-refractivity contribution in [3.63, 3.8) is 0 Å². The minimum Gasteiger partial charge on any atom is -0.481 e. The van der Waals surface area contributed by atoms with Crippen molar-refractivity contribution in [2.75, 3.05) is 0 Å². The first-order chi connectivity index (χ1) is 7.63. The first kappa shape index (κ1) is 14.4. The van der Waals surface area contributed by atoms with Crippen LogP contribution >= 0.6 is 0 Å². The summed E-state index contributed by atoms with van der Waals surface area (Å²) in [7, 11) is -1.80. The number of hydrogen-bond donors (Lipinski definition) is 1. The lowest BCUT2D eigenvalue weighted by molar-refractivity contribution is -0.142. The molecule has 0 fully saturated rings. The topological polar surface area (TPSA) is 46.5 Å². The molecule has 0 aliphatic heterocycles. The van der Waals surface area contributed by atoms with Gasteiger partial charge >= 0.3 is 5.97 Å². The Labute approximate surface area is 105 Å². The molecule has 0 bridgehead atoms. The zero-order chi connectivity index (χ0) is 13.3. The molecule has 2 atom stereocenters. The number of carboxylic acid groups (broad SMARTS) is 1. The second-order valence-electron chi connectivity index (χ2n) is 6.35. The third-order valence-corrected chi connectivity index (χ3v) is 8.39. The number of aliphatic carboxylic acids is 1. The molecule has 3 nitrogen and oxygen atoms in total. The van der Waals surface area contributed by atoms with E-state index >= 15 is 0 Å². The molecule has 0 saturated carbocycles. The molecule has 0 amide bonds. The molecule has 0 aromatic rings. The average Bonchev–Trinajstić information content (AvgIpc) is 2.15. The number of allylic oxidation sites excluding steroid dienone is 1. The lowest BCUT2D eigenvalue weighted by Gasteiger charge is -2.39. The summed E-state index contributed by atoms with van der Waals surface area (Å²) in [6.07, 6.45) is 5.19. The second kappa shape index (κ2) is 4.94. The van der Waals surface area contributed by atoms with Crippen LogP contribution in [0.1, 0.15) is 33.6 Å². The highest BCUT2D eigenvalue weighted by Crippen LogP contribution is 2.38. The number of carbonyl (C=O) groups is 1. The molecule has 0 radical (unpaired) electrons. The zero-order valence-electron chi connectivity index (χ0n) is 11.5. The Morgan fingerprint density at radius 1 is 1.41 bits per heavy atom. The molecule has 0 heterocycles. The van der Waals surface area contributed by atoms with E-state index in [1.54, 1.807) is 0 Å². The van der Waals surface area contributed by atoms with Gasteiger partial charge in [-0.2, -0.15) is 0 Å². The fraction of sp³-hybridized carbons (Fsp3) is 0.769. The summed E-state index contributed by atoms with van der Waals surface area (Å²) in [4.78, 5) is 11.0. The van der Waals surface area contributed by atoms with Crippen LogP contribution in [0.5, 0.6) is 0 Å². The summed E-state index contributed by atoms with van der Waals surface area (Å²) in [5, 5.41) is 9.20. The van der Waals surface area contributed by atoms with Crippen molar-refractivity contribution in [1.29, 1.82) is 0 Å². The van der Waals surface area contributed by atoms with E-state index in [4.69, 9.17) is 9.53 Å². The SMILES string of the molecule is CC(C)(C)[Si](C)(C)O[C@H]1C=CC[C@@H](C(=O)O)C1. The maximum atomic E-state index is 11.0. The van der Waals surface area contributed by atoms with E-state index in [9.17, 15) is 4.79 Å². The van der Waals surface area contributed by atoms with Crippen molar-refractivity contribution >= 4 is 14.3 Å². The molecule has 1 rings (SSSR count). The lowest BCUT2D eigenvalue weighted by atomic mass is 9.93. The Morgan fingerprint density at radius 2 is 2.00 bits per heavy atom. The predicted molar refractivity (Wildman–Crippen MR) is 71.6 cm³/mol. The van der Waals surface area contributed by atoms with Gasteiger partial charge in [0.2, 0.25) is 0 Å². The minimum absolute atomic E-state index is 0.0225. The van der Waals surface area contributed by atoms with Crippen LogP contribution in [0.15, 0.2) is 12.2 Å². The van der Waals surface area contributed by atoms with E-state index in [1.165, 1.54) is 0 Å². The zero-order valence-corrected chi connectivity index (χ0v) is 12.5. The van der Waals surface area contributed by atoms with E-state index in [0.29, 0.717) is 12.8 Å². The molecular formula is C13H24O3Si. The molecule has 0 aromatic carbocycles. The van der Waals surface area contributed by atoms with Crippen LogP contribution in [0.4, 0.5) is 0 Å². The van der Waals surface area contributed by atoms with Crippen LogP contribution in [0.25, 0.3) is 0 Å². The highest BCUT2D eigenvalue weighted by molar-refractivity contribution is 6.74. The van der Waals surface area contributed by atoms with Gasteiger partial charge in [0.05, 0.1) is 12.0 Å². The first-order valence-corrected chi connectivity index (χ1v) is 9.11. The van der Waals surface area contributed by atoms with Crippen molar-refractivity contribution < 1.29 is 14.3 Å². The van der Waals surface area contributed by atoms with Gasteiger partial charge in [-0.1, -0.05) is 32.9 Å². The summed E-state index contributed by atoms with van der Waals surface area (Å²) in [5.74, 6) is -0.993. The third-order valence-electron chi connectivity index (χ3n) is 3.89. The van der Waals surface area contributed by atoms with Crippen LogP contribution in [0.3, 0.4) is 0 Å². The van der Waals surface area contributed by atoms with Gasteiger partial charge in [0, 0.05) is 0 Å². The van der Waals surface area contributed by atoms with Crippen molar-refractivity contribution in [3.8, 4) is 0 Å². The minimum atomic E-state index is -1.80. The van der Waals surface area contributed by atoms with E-state index in [-0.39, 0.29) is 17.1 Å². The fourth-order valence-corrected chi connectivity index (χ4v) is 2.98. The lowest BCUT2D eigenvalue weighted by Crippen LogP contribution is -2.44. The van der Waals surface area contributed by atoms with Crippen LogP contribution in [-0.4, -0.2) is 25.5 Å². The molecule has 1 aliphatic carbocycles. The summed E-state index contributed by atoms with van der Waals surface area (Å²) < 4.78 is 6.21. The van der Waals surface area contributed by atoms with Gasteiger partial charge in [0.25, 0.3) is 0 Å². The summed E-state index contributed by atoms with van der Waals surface area (Å²) in [5.41, 5.74) is 0. The van der Waals surface area contributed by atoms with E-state index in [0.717, 1.165) is 0 Å². The van der Waals surface area contributed by atoms with Crippen molar-refractivity contribution in [1.82, 2.24) is 0 Å². The molecule has 0 spiro atoms. The largest absolute Gasteiger partial charge is 0.481 e. The fourth-order valence-electron chi connectivity index (χ4n) is 1.69. The summed E-state index contributed by atoms with van der Waals surface area (Å²) in [6.45, 7) is 11.0. The Bertz CT molecular complexity index is 315. The Hall–Kier alpha value is -0.613. The van der Waals surface area contributed by atoms with Gasteiger partial charge in [-0.15, -0.1) is 0 Å². The van der Waals surface area contributed by atoms with Crippen LogP contribution in [0, 0.1) is 5.92 Å². The van der Waals surface area contributed by atoms with Crippen LogP contribution < -0.4 is 0 Å². The Balaban J connectivity index is 2.67. The standard InChI is InChI=1S/C13H24O3Si/c1-13(2,3)17(4,5)16-11-8-6-7-10(9-11)12(14)15/h6,8,10-11H,7,9H2,1-5H3,(H,14,15)/t10-,11+/m1/s1. The van der Waals surface area contributed by atoms with Crippen molar-refractivity contribution in [3.05, 3.63) is 12.2 Å². The normalized spacial score (nSPS) is 25.9. The second-order valence-corrected chi connectivity index (χ2v) is 11.1. The predicted octanol–water partition coefficient (Wildman–Crippen LogP) is 3.43. The first-order valence-electron chi connectivity index (χ1n) is 6.21. The monoisotopic (exact) mass is 256 g/mol. The maximum absolute atomic E-state index is 11.0. The van der Waals surface area contributed by atoms with Crippen LogP contribution in [-0.2, 0) is 9.22 Å². The van der Waals surface area contributed by atoms with E-state index in [1.807, 2.05) is 12.2 Å². The van der Waals surface area contributed by atoms with Gasteiger partial charge in [-0.05, 0) is 31.0 Å². The molecule has 1 N–H and O–H groups in total. The smallest absolute Gasteiger partial charge is 0.306 e. The molecular weight excluding hydrogens is 232 g/mol. The van der Waals surface area contributed by atoms with Gasteiger partial charge in [0.15, 0.2) is 8.32 Å². The Morgan fingerprint density at radius 3 is 2.47 bits per heavy atom. The third kappa shape index (κ3) is 3.68. The highest BCUT2D eigenvalue weighted by Gasteiger charge is 2.39. The van der Waals surface area contributed by atoms with Crippen molar-refractivity contribution in [2.45, 2.75) is 57.8 Å². The van der Waals surface area contributed by atoms with E-state index in [2.05, 4.69) is 33.9 Å². The molecule has 0 aromatic heterocycles. The molecule has 0 unspecified atom stereocenters. The van der Waals surface area contributed by atoms with Gasteiger partial charge < -0.3 is 9.53 Å². The Kier molecular flexibility index (Phi) is 4.20. The highest BCUT2D eigenvalue weighted by atomic mass is 28.4. The summed E-state index contributed by atoms with van der Waals surface area (Å²) in [6, 6.07) is 0. The number of carboxylic acids is 1. The molecule has 98 valence electrons.